The fourth-order valence-electron chi connectivity index (χ4n) is 14.1. The van der Waals surface area contributed by atoms with Crippen molar-refractivity contribution in [2.45, 2.75) is 60.2 Å². The molecule has 0 saturated carbocycles. The number of carboxylic acids is 1. The number of aromatic nitrogens is 20. The van der Waals surface area contributed by atoms with Gasteiger partial charge in [0.15, 0.2) is 12.1 Å². The predicted molar refractivity (Wildman–Crippen MR) is 524 cm³/mol. The number of pyridine rings is 5. The van der Waals surface area contributed by atoms with Crippen LogP contribution in [-0.4, -0.2) is 170 Å². The van der Waals surface area contributed by atoms with E-state index < -0.39 is 11.9 Å². The van der Waals surface area contributed by atoms with Crippen LogP contribution >= 0.6 is 72.6 Å². The van der Waals surface area contributed by atoms with Crippen molar-refractivity contribution in [1.29, 1.82) is 0 Å². The Morgan fingerprint density at radius 1 is 0.404 bits per heavy atom. The van der Waals surface area contributed by atoms with Crippen LogP contribution < -0.4 is 32.5 Å². The molecule has 21 rings (SSSR count). The van der Waals surface area contributed by atoms with Gasteiger partial charge in [0.2, 0.25) is 29.7 Å². The number of carboxylic acid groups (broad SMARTS) is 1. The molecule has 0 aromatic carbocycles. The highest BCUT2D eigenvalue weighted by Gasteiger charge is 2.23. The lowest BCUT2D eigenvalue weighted by Crippen LogP contribution is -2.24. The van der Waals surface area contributed by atoms with Gasteiger partial charge in [0.25, 0.3) is 5.91 Å². The van der Waals surface area contributed by atoms with Crippen molar-refractivity contribution in [2.75, 3.05) is 54.4 Å². The number of imidazole rings is 5. The second kappa shape index (κ2) is 43.3. The van der Waals surface area contributed by atoms with Gasteiger partial charge in [0.05, 0.1) is 133 Å². The van der Waals surface area contributed by atoms with E-state index in [1.807, 2.05) is 221 Å². The summed E-state index contributed by atoms with van der Waals surface area (Å²) in [5.74, 6) is -0.220. The minimum absolute atomic E-state index is 0.0180. The van der Waals surface area contributed by atoms with Gasteiger partial charge in [0, 0.05) is 68.6 Å². The van der Waals surface area contributed by atoms with E-state index in [1.165, 1.54) is 59.6 Å². The maximum absolute atomic E-state index is 12.5. The molecule has 686 valence electrons. The number of nitrogens with one attached hydrogen (secondary N) is 5. The molecule has 0 spiro atoms. The SMILES string of the molecule is COC(=O)c1ccc(Br)s1.COC(=O)c1ccc(Nc2nccc(-c3c(C)nc4ccccn34)n2)s1.Cc1nc2ccccn2c1-c1ccnc(N)n1.Cc1nc2ccccn2c1-c1ccnc(Nc2ccc(C(=O)COC3CCCCO3)s2)n1.Cc1nc2ccccn2c1-c1ccnc(Nc2ccc(C(=O)NO)s2)n1.Cc1nc2ccccn2c1-c1ccnc(Nc2ccc(C(=O)O)s2)n1. The summed E-state index contributed by atoms with van der Waals surface area (Å²) in [7, 11) is 2.73. The Labute approximate surface area is 802 Å². The molecule has 20 aromatic heterocycles. The Morgan fingerprint density at radius 3 is 1.06 bits per heavy atom. The average molecular weight is 1980 g/mol. The first-order valence-corrected chi connectivity index (χ1v) is 46.4. The number of anilines is 9. The molecular formula is C93H81BrN26O11S5. The van der Waals surface area contributed by atoms with E-state index >= 15 is 0 Å². The first-order valence-electron chi connectivity index (χ1n) is 41.5. The summed E-state index contributed by atoms with van der Waals surface area (Å²) in [6.45, 7) is 10.5. The highest BCUT2D eigenvalue weighted by Crippen LogP contribution is 2.35. The van der Waals surface area contributed by atoms with Gasteiger partial charge < -0.3 is 51.1 Å². The van der Waals surface area contributed by atoms with E-state index in [0.29, 0.717) is 59.9 Å². The molecule has 1 aliphatic heterocycles. The lowest BCUT2D eigenvalue weighted by atomic mass is 10.2. The zero-order valence-corrected chi connectivity index (χ0v) is 78.9. The molecular weight excluding hydrogens is 1900 g/mol. The van der Waals surface area contributed by atoms with Crippen molar-refractivity contribution in [3.8, 4) is 56.9 Å². The van der Waals surface area contributed by atoms with Crippen molar-refractivity contribution >= 4 is 180 Å². The van der Waals surface area contributed by atoms with E-state index in [-0.39, 0.29) is 41.4 Å². The summed E-state index contributed by atoms with van der Waals surface area (Å²) in [5, 5.41) is 33.1. The van der Waals surface area contributed by atoms with Crippen LogP contribution in [0.5, 0.6) is 0 Å². The third-order valence-electron chi connectivity index (χ3n) is 20.1. The molecule has 21 heterocycles. The Kier molecular flexibility index (Phi) is 29.8. The predicted octanol–water partition coefficient (Wildman–Crippen LogP) is 18.9. The van der Waals surface area contributed by atoms with Gasteiger partial charge in [0.1, 0.15) is 49.5 Å². The normalized spacial score (nSPS) is 12.1. The summed E-state index contributed by atoms with van der Waals surface area (Å²) < 4.78 is 31.3. The molecule has 1 unspecified atom stereocenters. The van der Waals surface area contributed by atoms with Gasteiger partial charge in [-0.15, -0.1) is 56.7 Å². The molecule has 0 aliphatic carbocycles. The van der Waals surface area contributed by atoms with Crippen molar-refractivity contribution in [2.24, 2.45) is 0 Å². The molecule has 43 heteroatoms. The largest absolute Gasteiger partial charge is 0.477 e. The van der Waals surface area contributed by atoms with E-state index in [1.54, 1.807) is 85.0 Å². The number of methoxy groups -OCH3 is 2. The first kappa shape index (κ1) is 93.5. The van der Waals surface area contributed by atoms with Crippen molar-refractivity contribution < 1.29 is 53.2 Å². The Morgan fingerprint density at radius 2 is 0.728 bits per heavy atom. The number of halogens is 1. The quantitative estimate of drug-likeness (QED) is 0.0143. The van der Waals surface area contributed by atoms with Crippen LogP contribution in [0.3, 0.4) is 0 Å². The number of hydrogen-bond donors (Lipinski definition) is 8. The molecule has 136 heavy (non-hydrogen) atoms. The summed E-state index contributed by atoms with van der Waals surface area (Å²) in [5.41, 5.74) is 24.4. The van der Waals surface area contributed by atoms with E-state index in [9.17, 15) is 24.0 Å². The van der Waals surface area contributed by atoms with Gasteiger partial charge in [-0.3, -0.25) is 36.8 Å². The number of nitrogen functional groups attached to an aromatic ring is 1. The summed E-state index contributed by atoms with van der Waals surface area (Å²) in [6.07, 6.45) is 20.9. The number of ketones is 1. The molecule has 0 radical (unpaired) electrons. The number of rotatable bonds is 21. The first-order chi connectivity index (χ1) is 66.1. The lowest BCUT2D eigenvalue weighted by molar-refractivity contribution is -0.155. The minimum Gasteiger partial charge on any atom is -0.477 e. The Hall–Kier alpha value is -15.7. The fourth-order valence-corrected chi connectivity index (χ4v) is 18.6. The number of nitrogens with two attached hydrogens (primary N) is 1. The number of aryl methyl sites for hydroxylation is 5. The molecule has 0 bridgehead atoms. The van der Waals surface area contributed by atoms with Crippen LogP contribution in [0.1, 0.15) is 96.1 Å². The maximum Gasteiger partial charge on any atom is 0.348 e. The smallest absolute Gasteiger partial charge is 0.348 e. The number of fused-ring (bicyclic) bond motifs is 5. The number of esters is 2. The van der Waals surface area contributed by atoms with Gasteiger partial charge in [-0.25, -0.2) is 94.6 Å². The van der Waals surface area contributed by atoms with E-state index in [4.69, 9.17) is 30.3 Å². The van der Waals surface area contributed by atoms with Crippen LogP contribution in [0.25, 0.3) is 85.2 Å². The number of ether oxygens (including phenoxy) is 4. The topological polar surface area (TPSA) is 464 Å². The molecule has 1 amide bonds. The highest BCUT2D eigenvalue weighted by atomic mass is 79.9. The van der Waals surface area contributed by atoms with Gasteiger partial charge in [-0.2, -0.15) is 0 Å². The number of thiophene rings is 5. The number of hydrogen-bond acceptors (Lipinski definition) is 35. The molecule has 37 nitrogen and oxygen atoms in total. The van der Waals surface area contributed by atoms with Crippen LogP contribution in [0.2, 0.25) is 0 Å². The second-order valence-corrected chi connectivity index (χ2v) is 36.1. The van der Waals surface area contributed by atoms with Crippen molar-refractivity contribution in [1.82, 2.24) is 102 Å². The molecule has 20 aromatic rings. The highest BCUT2D eigenvalue weighted by molar-refractivity contribution is 9.11. The third kappa shape index (κ3) is 22.4. The lowest BCUT2D eigenvalue weighted by Gasteiger charge is -2.22. The summed E-state index contributed by atoms with van der Waals surface area (Å²) in [4.78, 5) is 126. The minimum atomic E-state index is -0.950. The van der Waals surface area contributed by atoms with Crippen molar-refractivity contribution in [3.63, 3.8) is 0 Å². The zero-order chi connectivity index (χ0) is 94.9. The zero-order valence-electron chi connectivity index (χ0n) is 73.2. The van der Waals surface area contributed by atoms with E-state index in [2.05, 4.69) is 117 Å². The summed E-state index contributed by atoms with van der Waals surface area (Å²) >= 11 is 9.57. The van der Waals surface area contributed by atoms with Crippen molar-refractivity contribution in [3.05, 3.63) is 301 Å². The number of nitrogens with zero attached hydrogens (tertiary/aromatic N) is 20. The monoisotopic (exact) mass is 1980 g/mol. The van der Waals surface area contributed by atoms with E-state index in [0.717, 1.165) is 158 Å². The standard InChI is InChI=1S/C23H23N5O3S.C18H15N5O2S.C17H14N6O2S.C17H13N5O2S.C12H11N5.C6H5BrO2S/c1-15-22(28-12-4-2-6-19(28)25-15)16-10-11-24-23(26-16)27-20-9-8-18(32-20)17(29)14-31-21-7-3-5-13-30-21;1-11-16(23-10-4-3-5-14(23)20-11)12-8-9-19-18(21-12)22-15-7-6-13(26-15)17(24)25-2;1-10-15(23-9-3-2-4-13(23)19-10)11-7-8-18-17(20-11)21-14-6-5-12(26-14)16(24)22-25;1-10-15(22-9-3-2-4-13(22)19-10)11-7-8-18-17(20-11)21-14-6-5-12(25-14)16(23)24;1-8-11(9-5-6-14-12(13)16-9)17-7-3-2-4-10(17)15-8;1-9-6(8)4-2-3-5(7)10-4/h2,4,6,8-12,21H,3,5,7,13-14H2,1H3,(H,24,26,27);3-10H,1-2H3,(H,19,21,22);2-9,25H,1H3,(H,22,24)(H,18,20,21);2-9H,1H3,(H,23,24)(H,18,20,21);2-7H,1H3,(H2,13,14,16);2-3H,1H3. The Bertz CT molecular complexity index is 7530. The van der Waals surface area contributed by atoms with Crippen LogP contribution in [0.15, 0.2) is 248 Å². The van der Waals surface area contributed by atoms with Gasteiger partial charge >= 0.3 is 17.9 Å². The van der Waals surface area contributed by atoms with Gasteiger partial charge in [-0.1, -0.05) is 30.3 Å². The van der Waals surface area contributed by atoms with Crippen LogP contribution in [0.4, 0.5) is 49.7 Å². The molecule has 1 fully saturated rings. The number of amides is 1. The number of Topliss-reactive ketones (excluding diaryl/α,β-unsaturated/α-hetero) is 1. The summed E-state index contributed by atoms with van der Waals surface area (Å²) in [6, 6.07) is 55.7. The maximum atomic E-state index is 12.5. The number of aromatic carboxylic acids is 1. The number of carbonyl (C=O) groups is 5. The second-order valence-electron chi connectivity index (χ2n) is 29.3. The fraction of sp³-hybridized carbons (Fsp3) is 0.140. The third-order valence-corrected chi connectivity index (χ3v) is 25.7. The molecule has 1 saturated heterocycles. The Balaban J connectivity index is 0.000000121. The molecule has 1 aliphatic rings. The van der Waals surface area contributed by atoms with Gasteiger partial charge in [-0.05, 0) is 221 Å². The van der Waals surface area contributed by atoms with Crippen LogP contribution in [0, 0.1) is 34.6 Å². The van der Waals surface area contributed by atoms with Crippen LogP contribution in [-0.2, 0) is 18.9 Å². The number of hydroxylamine groups is 1. The number of carbonyl (C=O) groups excluding carboxylic acids is 4. The molecule has 9 N–H and O–H groups in total. The molecule has 1 atom stereocenters. The average Bonchev–Trinajstić information content (AvgIpc) is 1.66.